The second-order valence-corrected chi connectivity index (χ2v) is 7.35. The molecule has 0 saturated carbocycles. The summed E-state index contributed by atoms with van der Waals surface area (Å²) in [7, 11) is 0. The SMILES string of the molecule is O=C(NCCCc1ccccc1)C1CCCN(c2cc(-n3cccn3)ncn2)C1. The van der Waals surface area contributed by atoms with Crippen molar-refractivity contribution in [3.63, 3.8) is 0 Å². The summed E-state index contributed by atoms with van der Waals surface area (Å²) in [5.74, 6) is 1.70. The first-order chi connectivity index (χ1) is 14.3. The van der Waals surface area contributed by atoms with Crippen LogP contribution in [0.5, 0.6) is 0 Å². The summed E-state index contributed by atoms with van der Waals surface area (Å²) in [4.78, 5) is 23.5. The van der Waals surface area contributed by atoms with Gasteiger partial charge in [-0.25, -0.2) is 14.6 Å². The Hall–Kier alpha value is -3.22. The van der Waals surface area contributed by atoms with Crippen molar-refractivity contribution < 1.29 is 4.79 Å². The minimum absolute atomic E-state index is 0.0106. The van der Waals surface area contributed by atoms with E-state index in [0.29, 0.717) is 13.1 Å². The Labute approximate surface area is 170 Å². The van der Waals surface area contributed by atoms with Crippen molar-refractivity contribution in [2.24, 2.45) is 5.92 Å². The molecule has 1 unspecified atom stereocenters. The molecule has 1 aromatic carbocycles. The van der Waals surface area contributed by atoms with Gasteiger partial charge >= 0.3 is 0 Å². The molecule has 0 bridgehead atoms. The van der Waals surface area contributed by atoms with Gasteiger partial charge in [0.15, 0.2) is 5.82 Å². The standard InChI is InChI=1S/C22H26N6O/c29-22(23-11-4-9-18-7-2-1-3-8-18)19-10-5-13-27(16-19)20-15-21(25-17-24-20)28-14-6-12-26-28/h1-3,6-8,12,14-15,17,19H,4-5,9-11,13,16H2,(H,23,29). The summed E-state index contributed by atoms with van der Waals surface area (Å²) in [5, 5.41) is 7.34. The molecule has 1 aliphatic rings. The second-order valence-electron chi connectivity index (χ2n) is 7.35. The summed E-state index contributed by atoms with van der Waals surface area (Å²) >= 11 is 0. The van der Waals surface area contributed by atoms with E-state index in [1.54, 1.807) is 17.2 Å². The molecule has 29 heavy (non-hydrogen) atoms. The number of carbonyl (C=O) groups excluding carboxylic acids is 1. The van der Waals surface area contributed by atoms with Crippen LogP contribution in [0.25, 0.3) is 5.82 Å². The quantitative estimate of drug-likeness (QED) is 0.628. The molecule has 1 saturated heterocycles. The number of piperidine rings is 1. The molecule has 1 fully saturated rings. The zero-order valence-corrected chi connectivity index (χ0v) is 16.4. The summed E-state index contributed by atoms with van der Waals surface area (Å²) in [6.07, 6.45) is 8.95. The van der Waals surface area contributed by atoms with E-state index in [2.05, 4.69) is 49.5 Å². The van der Waals surface area contributed by atoms with Gasteiger partial charge in [0.05, 0.1) is 5.92 Å². The summed E-state index contributed by atoms with van der Waals surface area (Å²) in [6, 6.07) is 14.2. The molecule has 1 atom stereocenters. The summed E-state index contributed by atoms with van der Waals surface area (Å²) in [5.41, 5.74) is 1.31. The predicted molar refractivity (Wildman–Crippen MR) is 112 cm³/mol. The van der Waals surface area contributed by atoms with Crippen molar-refractivity contribution in [2.45, 2.75) is 25.7 Å². The van der Waals surface area contributed by atoms with E-state index >= 15 is 0 Å². The predicted octanol–water partition coefficient (Wildman–Crippen LogP) is 2.63. The molecule has 7 heteroatoms. The lowest BCUT2D eigenvalue weighted by molar-refractivity contribution is -0.125. The largest absolute Gasteiger partial charge is 0.356 e. The van der Waals surface area contributed by atoms with Crippen LogP contribution in [0, 0.1) is 5.92 Å². The highest BCUT2D eigenvalue weighted by molar-refractivity contribution is 5.79. The number of aryl methyl sites for hydroxylation is 1. The van der Waals surface area contributed by atoms with Gasteiger partial charge in [-0.3, -0.25) is 4.79 Å². The Bertz CT molecular complexity index is 912. The van der Waals surface area contributed by atoms with Crippen LogP contribution in [0.15, 0.2) is 61.2 Å². The van der Waals surface area contributed by atoms with E-state index in [0.717, 1.165) is 43.9 Å². The van der Waals surface area contributed by atoms with Crippen molar-refractivity contribution in [2.75, 3.05) is 24.5 Å². The molecule has 1 N–H and O–H groups in total. The number of anilines is 1. The summed E-state index contributed by atoms with van der Waals surface area (Å²) < 4.78 is 1.71. The molecule has 7 nitrogen and oxygen atoms in total. The lowest BCUT2D eigenvalue weighted by Gasteiger charge is -2.32. The van der Waals surface area contributed by atoms with E-state index in [1.807, 2.05) is 24.4 Å². The topological polar surface area (TPSA) is 75.9 Å². The van der Waals surface area contributed by atoms with Crippen LogP contribution in [0.4, 0.5) is 5.82 Å². The number of amides is 1. The van der Waals surface area contributed by atoms with Gasteiger partial charge in [-0.1, -0.05) is 30.3 Å². The number of nitrogens with one attached hydrogen (secondary N) is 1. The Balaban J connectivity index is 1.30. The van der Waals surface area contributed by atoms with Crippen molar-refractivity contribution in [3.05, 3.63) is 66.7 Å². The van der Waals surface area contributed by atoms with E-state index in [9.17, 15) is 4.79 Å². The van der Waals surface area contributed by atoms with Gasteiger partial charge in [0.25, 0.3) is 0 Å². The Morgan fingerprint density at radius 2 is 2.00 bits per heavy atom. The fraction of sp³-hybridized carbons (Fsp3) is 0.364. The molecule has 3 heterocycles. The zero-order valence-electron chi connectivity index (χ0n) is 16.4. The minimum Gasteiger partial charge on any atom is -0.356 e. The van der Waals surface area contributed by atoms with Gasteiger partial charge in [0, 0.05) is 38.1 Å². The van der Waals surface area contributed by atoms with Gasteiger partial charge in [0.2, 0.25) is 5.91 Å². The van der Waals surface area contributed by atoms with Crippen LogP contribution < -0.4 is 10.2 Å². The molecule has 0 aliphatic carbocycles. The minimum atomic E-state index is -0.0106. The average Bonchev–Trinajstić information content (AvgIpc) is 3.33. The Kier molecular flexibility index (Phi) is 6.14. The molecular formula is C22H26N6O. The van der Waals surface area contributed by atoms with Crippen molar-refractivity contribution in [1.82, 2.24) is 25.1 Å². The maximum Gasteiger partial charge on any atom is 0.224 e. The summed E-state index contributed by atoms with van der Waals surface area (Å²) in [6.45, 7) is 2.29. The molecule has 1 amide bonds. The lowest BCUT2D eigenvalue weighted by atomic mass is 9.97. The number of carbonyl (C=O) groups is 1. The van der Waals surface area contributed by atoms with Crippen LogP contribution in [0.2, 0.25) is 0 Å². The molecule has 4 rings (SSSR count). The lowest BCUT2D eigenvalue weighted by Crippen LogP contribution is -2.43. The number of nitrogens with zero attached hydrogens (tertiary/aromatic N) is 5. The highest BCUT2D eigenvalue weighted by Crippen LogP contribution is 2.22. The van der Waals surface area contributed by atoms with Crippen LogP contribution >= 0.6 is 0 Å². The molecule has 0 radical (unpaired) electrons. The number of hydrogen-bond acceptors (Lipinski definition) is 5. The fourth-order valence-electron chi connectivity index (χ4n) is 3.73. The van der Waals surface area contributed by atoms with Gasteiger partial charge < -0.3 is 10.2 Å². The molecule has 0 spiro atoms. The number of benzene rings is 1. The Morgan fingerprint density at radius 3 is 2.83 bits per heavy atom. The molecular weight excluding hydrogens is 364 g/mol. The van der Waals surface area contributed by atoms with Crippen molar-refractivity contribution in [3.8, 4) is 5.82 Å². The third-order valence-corrected chi connectivity index (χ3v) is 5.28. The first kappa shape index (κ1) is 19.1. The van der Waals surface area contributed by atoms with Gasteiger partial charge in [0.1, 0.15) is 12.1 Å². The van der Waals surface area contributed by atoms with Crippen molar-refractivity contribution in [1.29, 1.82) is 0 Å². The van der Waals surface area contributed by atoms with Gasteiger partial charge in [-0.2, -0.15) is 5.10 Å². The first-order valence-electron chi connectivity index (χ1n) is 10.2. The number of rotatable bonds is 7. The molecule has 2 aromatic heterocycles. The molecule has 150 valence electrons. The fourth-order valence-corrected chi connectivity index (χ4v) is 3.73. The number of aromatic nitrogens is 4. The highest BCUT2D eigenvalue weighted by Gasteiger charge is 2.26. The van der Waals surface area contributed by atoms with Crippen LogP contribution in [-0.2, 0) is 11.2 Å². The zero-order chi connectivity index (χ0) is 19.9. The van der Waals surface area contributed by atoms with E-state index < -0.39 is 0 Å². The third-order valence-electron chi connectivity index (χ3n) is 5.28. The van der Waals surface area contributed by atoms with Crippen LogP contribution in [-0.4, -0.2) is 45.3 Å². The van der Waals surface area contributed by atoms with Gasteiger partial charge in [-0.15, -0.1) is 0 Å². The van der Waals surface area contributed by atoms with E-state index in [1.165, 1.54) is 5.56 Å². The average molecular weight is 390 g/mol. The van der Waals surface area contributed by atoms with E-state index in [-0.39, 0.29) is 11.8 Å². The maximum absolute atomic E-state index is 12.7. The monoisotopic (exact) mass is 390 g/mol. The third kappa shape index (κ3) is 4.99. The van der Waals surface area contributed by atoms with Crippen molar-refractivity contribution >= 4 is 11.7 Å². The molecule has 1 aliphatic heterocycles. The molecule has 3 aromatic rings. The number of hydrogen-bond donors (Lipinski definition) is 1. The highest BCUT2D eigenvalue weighted by atomic mass is 16.1. The first-order valence-corrected chi connectivity index (χ1v) is 10.2. The maximum atomic E-state index is 12.7. The van der Waals surface area contributed by atoms with Gasteiger partial charge in [-0.05, 0) is 37.3 Å². The van der Waals surface area contributed by atoms with Crippen LogP contribution in [0.1, 0.15) is 24.8 Å². The second kappa shape index (κ2) is 9.32. The Morgan fingerprint density at radius 1 is 1.14 bits per heavy atom. The normalized spacial score (nSPS) is 16.6. The smallest absolute Gasteiger partial charge is 0.224 e. The van der Waals surface area contributed by atoms with Crippen LogP contribution in [0.3, 0.4) is 0 Å². The van der Waals surface area contributed by atoms with E-state index in [4.69, 9.17) is 0 Å².